The smallest absolute Gasteiger partial charge is 0.191 e. The Hall–Kier alpha value is -1.02. The van der Waals surface area contributed by atoms with Gasteiger partial charge in [0.15, 0.2) is 5.96 Å². The van der Waals surface area contributed by atoms with Gasteiger partial charge in [0.2, 0.25) is 0 Å². The maximum atomic E-state index is 5.68. The summed E-state index contributed by atoms with van der Waals surface area (Å²) in [7, 11) is 0. The van der Waals surface area contributed by atoms with Crippen LogP contribution in [0.2, 0.25) is 0 Å². The zero-order valence-corrected chi connectivity index (χ0v) is 18.5. The van der Waals surface area contributed by atoms with Crippen LogP contribution in [-0.4, -0.2) is 45.4 Å². The van der Waals surface area contributed by atoms with E-state index in [1.54, 1.807) is 0 Å². The number of guanidine groups is 1. The number of para-hydroxylation sites is 1. The largest absolute Gasteiger partial charge is 0.494 e. The van der Waals surface area contributed by atoms with E-state index in [1.807, 2.05) is 19.1 Å². The van der Waals surface area contributed by atoms with Crippen molar-refractivity contribution in [1.82, 2.24) is 10.6 Å². The summed E-state index contributed by atoms with van der Waals surface area (Å²) in [5.74, 6) is 2.68. The molecule has 148 valence electrons. The molecular weight excluding hydrogens is 441 g/mol. The molecule has 0 aliphatic heterocycles. The van der Waals surface area contributed by atoms with E-state index in [-0.39, 0.29) is 24.0 Å². The van der Waals surface area contributed by atoms with Gasteiger partial charge in [-0.15, -0.1) is 24.0 Å². The molecule has 0 radical (unpaired) electrons. The van der Waals surface area contributed by atoms with Crippen molar-refractivity contribution in [3.05, 3.63) is 29.8 Å². The highest BCUT2D eigenvalue weighted by molar-refractivity contribution is 14.0. The minimum absolute atomic E-state index is 0. The molecule has 0 unspecified atom stereocenters. The SMILES string of the molecule is CCNC(=NCCCOCC1CC1)NCCc1ccccc1OCC.I. The van der Waals surface area contributed by atoms with Gasteiger partial charge in [0.25, 0.3) is 0 Å². The Labute approximate surface area is 175 Å². The molecule has 26 heavy (non-hydrogen) atoms. The summed E-state index contributed by atoms with van der Waals surface area (Å²) >= 11 is 0. The van der Waals surface area contributed by atoms with Gasteiger partial charge in [0, 0.05) is 32.8 Å². The maximum absolute atomic E-state index is 5.68. The highest BCUT2D eigenvalue weighted by atomic mass is 127. The van der Waals surface area contributed by atoms with Gasteiger partial charge in [-0.3, -0.25) is 4.99 Å². The van der Waals surface area contributed by atoms with Crippen molar-refractivity contribution < 1.29 is 9.47 Å². The lowest BCUT2D eigenvalue weighted by molar-refractivity contribution is 0.123. The topological polar surface area (TPSA) is 54.9 Å². The third-order valence-electron chi connectivity index (χ3n) is 4.07. The van der Waals surface area contributed by atoms with Crippen LogP contribution in [0.25, 0.3) is 0 Å². The van der Waals surface area contributed by atoms with Crippen LogP contribution >= 0.6 is 24.0 Å². The molecule has 1 aromatic carbocycles. The van der Waals surface area contributed by atoms with Gasteiger partial charge < -0.3 is 20.1 Å². The fourth-order valence-corrected chi connectivity index (χ4v) is 2.56. The van der Waals surface area contributed by atoms with E-state index in [9.17, 15) is 0 Å². The van der Waals surface area contributed by atoms with Gasteiger partial charge in [0.05, 0.1) is 6.61 Å². The average molecular weight is 475 g/mol. The molecule has 1 fully saturated rings. The molecule has 1 saturated carbocycles. The van der Waals surface area contributed by atoms with E-state index in [1.165, 1.54) is 18.4 Å². The van der Waals surface area contributed by atoms with E-state index in [0.29, 0.717) is 6.61 Å². The van der Waals surface area contributed by atoms with Crippen LogP contribution in [0.3, 0.4) is 0 Å². The van der Waals surface area contributed by atoms with Crippen LogP contribution in [-0.2, 0) is 11.2 Å². The van der Waals surface area contributed by atoms with Gasteiger partial charge in [-0.25, -0.2) is 0 Å². The van der Waals surface area contributed by atoms with E-state index in [4.69, 9.17) is 9.47 Å². The summed E-state index contributed by atoms with van der Waals surface area (Å²) < 4.78 is 11.3. The highest BCUT2D eigenvalue weighted by Crippen LogP contribution is 2.28. The summed E-state index contributed by atoms with van der Waals surface area (Å²) in [6.45, 7) is 9.00. The molecule has 2 rings (SSSR count). The second-order valence-electron chi connectivity index (χ2n) is 6.35. The first-order valence-corrected chi connectivity index (χ1v) is 9.64. The van der Waals surface area contributed by atoms with Gasteiger partial charge in [-0.05, 0) is 57.1 Å². The molecule has 6 heteroatoms. The molecule has 0 bridgehead atoms. The molecule has 1 aromatic rings. The predicted molar refractivity (Wildman–Crippen MR) is 119 cm³/mol. The zero-order chi connectivity index (χ0) is 17.7. The van der Waals surface area contributed by atoms with Crippen LogP contribution in [0.1, 0.15) is 38.7 Å². The number of benzene rings is 1. The first kappa shape index (κ1) is 23.0. The Morgan fingerprint density at radius 1 is 1.19 bits per heavy atom. The molecule has 5 nitrogen and oxygen atoms in total. The van der Waals surface area contributed by atoms with Crippen LogP contribution in [0.4, 0.5) is 0 Å². The van der Waals surface area contributed by atoms with E-state index >= 15 is 0 Å². The Bertz CT molecular complexity index is 522. The lowest BCUT2D eigenvalue weighted by atomic mass is 10.1. The van der Waals surface area contributed by atoms with Crippen LogP contribution in [0.5, 0.6) is 5.75 Å². The van der Waals surface area contributed by atoms with Crippen molar-refractivity contribution in [2.24, 2.45) is 10.9 Å². The lowest BCUT2D eigenvalue weighted by Gasteiger charge is -2.13. The number of nitrogens with one attached hydrogen (secondary N) is 2. The highest BCUT2D eigenvalue weighted by Gasteiger charge is 2.20. The average Bonchev–Trinajstić information content (AvgIpc) is 3.44. The number of nitrogens with zero attached hydrogens (tertiary/aromatic N) is 1. The summed E-state index contributed by atoms with van der Waals surface area (Å²) in [5, 5.41) is 6.69. The molecule has 2 N–H and O–H groups in total. The fraction of sp³-hybridized carbons (Fsp3) is 0.650. The van der Waals surface area contributed by atoms with E-state index in [0.717, 1.165) is 63.3 Å². The number of hydrogen-bond acceptors (Lipinski definition) is 3. The zero-order valence-electron chi connectivity index (χ0n) is 16.1. The molecular formula is C20H34IN3O2. The van der Waals surface area contributed by atoms with Crippen molar-refractivity contribution in [2.75, 3.05) is 39.5 Å². The van der Waals surface area contributed by atoms with Gasteiger partial charge in [0.1, 0.15) is 5.75 Å². The van der Waals surface area contributed by atoms with Crippen molar-refractivity contribution in [3.63, 3.8) is 0 Å². The fourth-order valence-electron chi connectivity index (χ4n) is 2.56. The van der Waals surface area contributed by atoms with Gasteiger partial charge in [-0.1, -0.05) is 18.2 Å². The van der Waals surface area contributed by atoms with Crippen molar-refractivity contribution in [2.45, 2.75) is 39.5 Å². The van der Waals surface area contributed by atoms with Crippen molar-refractivity contribution >= 4 is 29.9 Å². The van der Waals surface area contributed by atoms with Crippen LogP contribution in [0.15, 0.2) is 29.3 Å². The van der Waals surface area contributed by atoms with Crippen molar-refractivity contribution in [1.29, 1.82) is 0 Å². The van der Waals surface area contributed by atoms with E-state index < -0.39 is 0 Å². The predicted octanol–water partition coefficient (Wildman–Crippen LogP) is 3.62. The second-order valence-corrected chi connectivity index (χ2v) is 6.35. The molecule has 1 aliphatic carbocycles. The number of rotatable bonds is 12. The number of aliphatic imine (C=N–C) groups is 1. The number of ether oxygens (including phenoxy) is 2. The Balaban J connectivity index is 0.00000338. The first-order valence-electron chi connectivity index (χ1n) is 9.64. The summed E-state index contributed by atoms with van der Waals surface area (Å²) in [6, 6.07) is 8.21. The number of halogens is 1. The summed E-state index contributed by atoms with van der Waals surface area (Å²) in [6.07, 6.45) is 4.57. The molecule has 0 aromatic heterocycles. The number of hydrogen-bond donors (Lipinski definition) is 2. The Morgan fingerprint density at radius 2 is 2.00 bits per heavy atom. The van der Waals surface area contributed by atoms with Gasteiger partial charge in [-0.2, -0.15) is 0 Å². The van der Waals surface area contributed by atoms with Crippen LogP contribution in [0, 0.1) is 5.92 Å². The molecule has 0 amide bonds. The summed E-state index contributed by atoms with van der Waals surface area (Å²) in [4.78, 5) is 4.62. The molecule has 0 atom stereocenters. The van der Waals surface area contributed by atoms with E-state index in [2.05, 4.69) is 34.7 Å². The lowest BCUT2D eigenvalue weighted by Crippen LogP contribution is -2.38. The minimum Gasteiger partial charge on any atom is -0.494 e. The monoisotopic (exact) mass is 475 g/mol. The Morgan fingerprint density at radius 3 is 2.73 bits per heavy atom. The Kier molecular flexibility index (Phi) is 12.5. The third kappa shape index (κ3) is 9.62. The molecule has 0 spiro atoms. The minimum atomic E-state index is 0. The third-order valence-corrected chi connectivity index (χ3v) is 4.07. The first-order chi connectivity index (χ1) is 12.3. The van der Waals surface area contributed by atoms with Gasteiger partial charge >= 0.3 is 0 Å². The maximum Gasteiger partial charge on any atom is 0.191 e. The summed E-state index contributed by atoms with van der Waals surface area (Å²) in [5.41, 5.74) is 1.22. The second kappa shape index (κ2) is 14.1. The normalized spacial score (nSPS) is 13.8. The van der Waals surface area contributed by atoms with Crippen molar-refractivity contribution in [3.8, 4) is 5.75 Å². The molecule has 1 aliphatic rings. The molecule has 0 heterocycles. The molecule has 0 saturated heterocycles. The quantitative estimate of drug-likeness (QED) is 0.210. The van der Waals surface area contributed by atoms with Crippen LogP contribution < -0.4 is 15.4 Å². The standard InChI is InChI=1S/C20H33N3O2.HI/c1-3-21-20(22-13-7-15-24-16-17-10-11-17)23-14-12-18-8-5-6-9-19(18)25-4-2;/h5-6,8-9,17H,3-4,7,10-16H2,1-2H3,(H2,21,22,23);1H.